The molecular formula is C44H53NO14. The summed E-state index contributed by atoms with van der Waals surface area (Å²) >= 11 is 0. The van der Waals surface area contributed by atoms with Crippen LogP contribution in [0.3, 0.4) is 0 Å². The normalized spacial score (nSPS) is 36.4. The summed E-state index contributed by atoms with van der Waals surface area (Å²) in [7, 11) is 0. The van der Waals surface area contributed by atoms with Crippen molar-refractivity contribution in [3.63, 3.8) is 0 Å². The Hall–Kier alpha value is -4.67. The summed E-state index contributed by atoms with van der Waals surface area (Å²) in [6.07, 6.45) is -9.98. The van der Waals surface area contributed by atoms with Gasteiger partial charge in [-0.3, -0.25) is 9.59 Å². The van der Waals surface area contributed by atoms with Crippen LogP contribution in [0.25, 0.3) is 0 Å². The summed E-state index contributed by atoms with van der Waals surface area (Å²) in [5, 5.41) is 52.2. The van der Waals surface area contributed by atoms with Crippen molar-refractivity contribution in [2.75, 3.05) is 6.61 Å². The van der Waals surface area contributed by atoms with E-state index in [2.05, 4.69) is 5.32 Å². The van der Waals surface area contributed by atoms with Crippen LogP contribution in [0.2, 0.25) is 0 Å². The molecule has 2 aromatic carbocycles. The van der Waals surface area contributed by atoms with Gasteiger partial charge in [0.2, 0.25) is 0 Å². The van der Waals surface area contributed by atoms with Crippen LogP contribution in [0, 0.1) is 16.2 Å². The molecule has 11 atom stereocenters. The van der Waals surface area contributed by atoms with Crippen molar-refractivity contribution in [3.8, 4) is 0 Å². The smallest absolute Gasteiger partial charge is 0.408 e. The van der Waals surface area contributed by atoms with Crippen LogP contribution in [0.1, 0.15) is 96.6 Å². The second-order valence-corrected chi connectivity index (χ2v) is 18.4. The van der Waals surface area contributed by atoms with Gasteiger partial charge in [0.15, 0.2) is 23.1 Å². The molecular weight excluding hydrogens is 766 g/mol. The fraction of sp³-hybridized carbons (Fsp3) is 0.568. The third kappa shape index (κ3) is 5.90. The number of aliphatic hydroxyl groups is 4. The molecule has 1 spiro atoms. The number of benzene rings is 2. The second-order valence-electron chi connectivity index (χ2n) is 18.4. The molecule has 1 amide bonds. The summed E-state index contributed by atoms with van der Waals surface area (Å²) < 4.78 is 30.1. The minimum atomic E-state index is -2.35. The molecule has 3 saturated carbocycles. The first-order valence-electron chi connectivity index (χ1n) is 19.8. The number of hydrogen-bond acceptors (Lipinski definition) is 14. The number of rotatable bonds is 8. The number of hydrogen-bond donors (Lipinski definition) is 5. The Morgan fingerprint density at radius 2 is 1.56 bits per heavy atom. The average Bonchev–Trinajstić information content (AvgIpc) is 3.85. The topological polar surface area (TPSA) is 224 Å². The number of ether oxygens (including phenoxy) is 5. The number of amides is 1. The molecule has 2 aromatic rings. The lowest BCUT2D eigenvalue weighted by atomic mass is 9.44. The molecule has 5 aliphatic rings. The highest BCUT2D eigenvalue weighted by Gasteiger charge is 2.99. The van der Waals surface area contributed by atoms with Gasteiger partial charge in [-0.2, -0.15) is 0 Å². The monoisotopic (exact) mass is 819 g/mol. The van der Waals surface area contributed by atoms with Crippen LogP contribution >= 0.6 is 0 Å². The van der Waals surface area contributed by atoms with Gasteiger partial charge in [-0.05, 0) is 63.5 Å². The third-order valence-electron chi connectivity index (χ3n) is 13.9. The minimum Gasteiger partial charge on any atom is -0.456 e. The van der Waals surface area contributed by atoms with Crippen LogP contribution < -0.4 is 5.32 Å². The standard InChI is InChI=1S/C44H53NO14/c1-23-27(56-36(52)33(49)31(25-15-11-9-12-16-25)45-37(53)59-38(3,4)5)20-43(54)39(6,7)30(23)32(48)34(50)40(8)28(47)19-29-41(22-55-29,57-24(2)46)42(40)21-44(42,43)58-35(51)26-17-13-10-14-18-26/h9-18,27-29,31-33,47-49,54H,19-22H2,1-8H3,(H,45,53)/t27-,28-,29+,31-,32+,33+,40-,41-,42-,43-,44?/m0/s1. The molecule has 4 aliphatic carbocycles. The maximum absolute atomic E-state index is 15.2. The zero-order valence-corrected chi connectivity index (χ0v) is 34.4. The lowest BCUT2D eigenvalue weighted by Crippen LogP contribution is -2.82. The molecule has 7 rings (SSSR count). The van der Waals surface area contributed by atoms with E-state index < -0.39 is 111 Å². The van der Waals surface area contributed by atoms with Gasteiger partial charge in [-0.1, -0.05) is 62.4 Å². The zero-order valence-electron chi connectivity index (χ0n) is 34.4. The van der Waals surface area contributed by atoms with Crippen LogP contribution in [-0.2, 0) is 38.1 Å². The molecule has 1 aliphatic heterocycles. The van der Waals surface area contributed by atoms with E-state index in [0.717, 1.165) is 0 Å². The van der Waals surface area contributed by atoms with Crippen LogP contribution in [0.15, 0.2) is 71.8 Å². The van der Waals surface area contributed by atoms with E-state index in [-0.39, 0.29) is 36.2 Å². The zero-order chi connectivity index (χ0) is 43.3. The Morgan fingerprint density at radius 1 is 0.949 bits per heavy atom. The largest absolute Gasteiger partial charge is 0.456 e. The summed E-state index contributed by atoms with van der Waals surface area (Å²) in [4.78, 5) is 69.7. The number of alkyl carbamates (subject to hydrolysis) is 1. The molecule has 318 valence electrons. The van der Waals surface area contributed by atoms with Crippen molar-refractivity contribution in [3.05, 3.63) is 82.9 Å². The van der Waals surface area contributed by atoms with Crippen molar-refractivity contribution in [1.82, 2.24) is 5.32 Å². The third-order valence-corrected chi connectivity index (χ3v) is 13.9. The van der Waals surface area contributed by atoms with E-state index in [1.807, 2.05) is 0 Å². The van der Waals surface area contributed by atoms with E-state index in [4.69, 9.17) is 23.7 Å². The maximum atomic E-state index is 15.2. The van der Waals surface area contributed by atoms with Crippen LogP contribution in [-0.4, -0.2) is 110 Å². The average molecular weight is 820 g/mol. The number of carbonyl (C=O) groups excluding carboxylic acids is 5. The SMILES string of the molecule is CC(=O)O[C@@]12CO[C@@H]1C[C@H](O)[C@@]1(C)C(=O)[C@H](O)C3=C(C)[C@@H](OC(=O)[C@H](O)[C@@H](NC(=O)OC(C)(C)C)c4ccccc4)C[C@](O)(C3(C)C)C3(OC(=O)c4ccccc4)C[C@@]321. The molecule has 15 nitrogen and oxygen atoms in total. The Kier molecular flexibility index (Phi) is 10.0. The van der Waals surface area contributed by atoms with Crippen molar-refractivity contribution in [2.45, 2.75) is 134 Å². The molecule has 2 bridgehead atoms. The number of esters is 3. The Labute approximate surface area is 342 Å². The molecule has 4 fully saturated rings. The number of fused-ring (bicyclic) bond motifs is 4. The van der Waals surface area contributed by atoms with Gasteiger partial charge in [0.25, 0.3) is 0 Å². The quantitative estimate of drug-likeness (QED) is 0.146. The number of Topliss-reactive ketones (excluding diaryl/α,β-unsaturated/α-hetero) is 1. The van der Waals surface area contributed by atoms with E-state index in [1.165, 1.54) is 32.9 Å². The van der Waals surface area contributed by atoms with Crippen LogP contribution in [0.4, 0.5) is 4.79 Å². The first kappa shape index (κ1) is 42.5. The van der Waals surface area contributed by atoms with E-state index >= 15 is 4.79 Å². The highest BCUT2D eigenvalue weighted by atomic mass is 16.6. The Balaban J connectivity index is 1.38. The molecule has 5 N–H and O–H groups in total. The molecule has 0 radical (unpaired) electrons. The fourth-order valence-electron chi connectivity index (χ4n) is 11.0. The lowest BCUT2D eigenvalue weighted by Gasteiger charge is -2.67. The van der Waals surface area contributed by atoms with E-state index in [1.54, 1.807) is 83.1 Å². The molecule has 1 heterocycles. The molecule has 59 heavy (non-hydrogen) atoms. The van der Waals surface area contributed by atoms with E-state index in [9.17, 15) is 39.6 Å². The summed E-state index contributed by atoms with van der Waals surface area (Å²) in [6.45, 7) is 12.0. The first-order chi connectivity index (χ1) is 27.4. The number of nitrogens with one attached hydrogen (secondary N) is 1. The number of aliphatic hydroxyl groups excluding tert-OH is 3. The Bertz CT molecular complexity index is 2100. The predicted molar refractivity (Wildman–Crippen MR) is 206 cm³/mol. The van der Waals surface area contributed by atoms with Gasteiger partial charge in [-0.25, -0.2) is 14.4 Å². The lowest BCUT2D eigenvalue weighted by molar-refractivity contribution is -0.349. The van der Waals surface area contributed by atoms with Gasteiger partial charge in [0.1, 0.15) is 29.5 Å². The van der Waals surface area contributed by atoms with Gasteiger partial charge < -0.3 is 49.4 Å². The fourth-order valence-corrected chi connectivity index (χ4v) is 11.0. The van der Waals surface area contributed by atoms with Gasteiger partial charge in [0.05, 0.1) is 35.1 Å². The number of carbonyl (C=O) groups is 5. The highest BCUT2D eigenvalue weighted by Crippen LogP contribution is 2.85. The van der Waals surface area contributed by atoms with Crippen molar-refractivity contribution < 1.29 is 68.1 Å². The maximum Gasteiger partial charge on any atom is 0.408 e. The summed E-state index contributed by atoms with van der Waals surface area (Å²) in [5.74, 6) is -3.77. The van der Waals surface area contributed by atoms with Crippen LogP contribution in [0.5, 0.6) is 0 Å². The first-order valence-corrected chi connectivity index (χ1v) is 19.8. The second kappa shape index (κ2) is 13.9. The summed E-state index contributed by atoms with van der Waals surface area (Å²) in [6, 6.07) is 14.7. The van der Waals surface area contributed by atoms with Crippen molar-refractivity contribution in [1.29, 1.82) is 0 Å². The number of ketones is 1. The van der Waals surface area contributed by atoms with Crippen molar-refractivity contribution in [2.24, 2.45) is 16.2 Å². The predicted octanol–water partition coefficient (Wildman–Crippen LogP) is 3.40. The summed E-state index contributed by atoms with van der Waals surface area (Å²) in [5.41, 5.74) is -12.1. The minimum absolute atomic E-state index is 0.0485. The van der Waals surface area contributed by atoms with E-state index in [0.29, 0.717) is 5.56 Å². The van der Waals surface area contributed by atoms with Crippen molar-refractivity contribution >= 4 is 29.8 Å². The molecule has 1 saturated heterocycles. The molecule has 0 aromatic heterocycles. The molecule has 15 heteroatoms. The Morgan fingerprint density at radius 3 is 2.12 bits per heavy atom. The highest BCUT2D eigenvalue weighted by molar-refractivity contribution is 5.96. The van der Waals surface area contributed by atoms with Gasteiger partial charge in [-0.15, -0.1) is 0 Å². The molecule has 1 unspecified atom stereocenters. The van der Waals surface area contributed by atoms with Gasteiger partial charge >= 0.3 is 24.0 Å². The van der Waals surface area contributed by atoms with Gasteiger partial charge in [0, 0.05) is 31.6 Å².